The van der Waals surface area contributed by atoms with Gasteiger partial charge in [-0.05, 0) is 43.4 Å². The highest BCUT2D eigenvalue weighted by Crippen LogP contribution is 2.33. The summed E-state index contributed by atoms with van der Waals surface area (Å²) in [6.07, 6.45) is 3.50. The van der Waals surface area contributed by atoms with Gasteiger partial charge in [0.05, 0.1) is 15.5 Å². The maximum absolute atomic E-state index is 12.2. The van der Waals surface area contributed by atoms with E-state index < -0.39 is 14.9 Å². The van der Waals surface area contributed by atoms with Crippen molar-refractivity contribution in [2.24, 2.45) is 10.5 Å². The molecule has 0 unspecified atom stereocenters. The Hall–Kier alpha value is -2.22. The molecular weight excluding hydrogens is 318 g/mol. The van der Waals surface area contributed by atoms with Crippen LogP contribution < -0.4 is 4.83 Å². The van der Waals surface area contributed by atoms with Crippen molar-refractivity contribution in [2.75, 3.05) is 0 Å². The number of allylic oxidation sites excluding steroid dienone is 2. The molecule has 7 nitrogen and oxygen atoms in total. The van der Waals surface area contributed by atoms with Gasteiger partial charge in [0.1, 0.15) is 0 Å². The van der Waals surface area contributed by atoms with Gasteiger partial charge in [0.25, 0.3) is 15.7 Å². The third-order valence-corrected chi connectivity index (χ3v) is 4.72. The second kappa shape index (κ2) is 6.11. The van der Waals surface area contributed by atoms with E-state index in [4.69, 9.17) is 0 Å². The zero-order chi connectivity index (χ0) is 17.3. The summed E-state index contributed by atoms with van der Waals surface area (Å²) in [5.41, 5.74) is 1.69. The maximum atomic E-state index is 12.2. The largest absolute Gasteiger partial charge is 0.276 e. The van der Waals surface area contributed by atoms with E-state index in [1.807, 2.05) is 13.0 Å². The number of hydrogen-bond donors (Lipinski definition) is 1. The monoisotopic (exact) mass is 337 g/mol. The molecule has 0 fully saturated rings. The van der Waals surface area contributed by atoms with E-state index in [1.54, 1.807) is 0 Å². The van der Waals surface area contributed by atoms with Crippen LogP contribution in [0.1, 0.15) is 33.6 Å². The van der Waals surface area contributed by atoms with Crippen molar-refractivity contribution in [3.05, 3.63) is 46.0 Å². The number of hydrazone groups is 1. The standard InChI is InChI=1S/C15H19N3O4S/c1-11-8-12(10-15(2,3)9-11)16-17-23(21,22)14-6-4-13(5-7-14)18(19)20/h4-8,17H,9-10H2,1-3H3/b16-12-. The van der Waals surface area contributed by atoms with Gasteiger partial charge in [-0.1, -0.05) is 19.4 Å². The first-order valence-corrected chi connectivity index (χ1v) is 8.57. The Balaban J connectivity index is 2.20. The van der Waals surface area contributed by atoms with Gasteiger partial charge < -0.3 is 0 Å². The SMILES string of the molecule is CC1=C/C(=N/NS(=O)(=O)c2ccc([N+](=O)[O-])cc2)CC(C)(C)C1. The van der Waals surface area contributed by atoms with Crippen LogP contribution in [0.5, 0.6) is 0 Å². The predicted octanol–water partition coefficient (Wildman–Crippen LogP) is 3.00. The van der Waals surface area contributed by atoms with Gasteiger partial charge in [-0.3, -0.25) is 10.1 Å². The van der Waals surface area contributed by atoms with Gasteiger partial charge in [0.15, 0.2) is 0 Å². The lowest BCUT2D eigenvalue weighted by Gasteiger charge is -2.29. The second-order valence-corrected chi connectivity index (χ2v) is 8.12. The lowest BCUT2D eigenvalue weighted by molar-refractivity contribution is -0.384. The minimum absolute atomic E-state index is 0.0382. The summed E-state index contributed by atoms with van der Waals surface area (Å²) in [6.45, 7) is 6.19. The van der Waals surface area contributed by atoms with Crippen molar-refractivity contribution in [2.45, 2.75) is 38.5 Å². The fourth-order valence-corrected chi connectivity index (χ4v) is 3.52. The minimum atomic E-state index is -3.85. The summed E-state index contributed by atoms with van der Waals surface area (Å²) in [5, 5.41) is 14.6. The molecule has 0 aliphatic heterocycles. The summed E-state index contributed by atoms with van der Waals surface area (Å²) < 4.78 is 24.4. The number of sulfonamides is 1. The van der Waals surface area contributed by atoms with Crippen LogP contribution in [0.4, 0.5) is 5.69 Å². The highest BCUT2D eigenvalue weighted by atomic mass is 32.2. The van der Waals surface area contributed by atoms with E-state index in [-0.39, 0.29) is 16.0 Å². The normalized spacial score (nSPS) is 19.3. The molecule has 8 heteroatoms. The molecule has 23 heavy (non-hydrogen) atoms. The molecule has 0 amide bonds. The molecule has 2 rings (SSSR count). The highest BCUT2D eigenvalue weighted by Gasteiger charge is 2.25. The molecule has 1 aliphatic rings. The van der Waals surface area contributed by atoms with Crippen molar-refractivity contribution >= 4 is 21.4 Å². The maximum Gasteiger partial charge on any atom is 0.276 e. The van der Waals surface area contributed by atoms with Gasteiger partial charge in [0.2, 0.25) is 0 Å². The molecule has 1 N–H and O–H groups in total. The van der Waals surface area contributed by atoms with Gasteiger partial charge >= 0.3 is 0 Å². The molecule has 1 aromatic carbocycles. The van der Waals surface area contributed by atoms with Crippen LogP contribution in [0.15, 0.2) is 45.9 Å². The second-order valence-electron chi connectivity index (χ2n) is 6.46. The zero-order valence-corrected chi connectivity index (χ0v) is 14.1. The van der Waals surface area contributed by atoms with Gasteiger partial charge in [-0.15, -0.1) is 0 Å². The van der Waals surface area contributed by atoms with E-state index in [2.05, 4.69) is 23.8 Å². The van der Waals surface area contributed by atoms with Crippen LogP contribution in [0.2, 0.25) is 0 Å². The summed E-state index contributed by atoms with van der Waals surface area (Å²) in [5.74, 6) is 0. The quantitative estimate of drug-likeness (QED) is 0.674. The lowest BCUT2D eigenvalue weighted by atomic mass is 9.77. The number of rotatable bonds is 4. The van der Waals surface area contributed by atoms with Crippen molar-refractivity contribution in [1.29, 1.82) is 0 Å². The van der Waals surface area contributed by atoms with Gasteiger partial charge in [0, 0.05) is 12.1 Å². The average Bonchev–Trinajstić information content (AvgIpc) is 2.43. The summed E-state index contributed by atoms with van der Waals surface area (Å²) in [6, 6.07) is 4.67. The molecule has 0 spiro atoms. The fourth-order valence-electron chi connectivity index (χ4n) is 2.68. The molecule has 1 aliphatic carbocycles. The zero-order valence-electron chi connectivity index (χ0n) is 13.2. The van der Waals surface area contributed by atoms with E-state index >= 15 is 0 Å². The summed E-state index contributed by atoms with van der Waals surface area (Å²) >= 11 is 0. The smallest absolute Gasteiger partial charge is 0.258 e. The number of benzene rings is 1. The molecule has 0 saturated heterocycles. The number of non-ortho nitro benzene ring substituents is 1. The number of nitro benzene ring substituents is 1. The summed E-state index contributed by atoms with van der Waals surface area (Å²) in [4.78, 5) is 12.1. The number of nitrogens with one attached hydrogen (secondary N) is 1. The van der Waals surface area contributed by atoms with Crippen LogP contribution in [0.3, 0.4) is 0 Å². The Morgan fingerprint density at radius 1 is 1.22 bits per heavy atom. The van der Waals surface area contributed by atoms with Crippen LogP contribution >= 0.6 is 0 Å². The first-order chi connectivity index (χ1) is 10.6. The first kappa shape index (κ1) is 17.1. The van der Waals surface area contributed by atoms with Crippen molar-refractivity contribution < 1.29 is 13.3 Å². The minimum Gasteiger partial charge on any atom is -0.258 e. The molecule has 0 heterocycles. The van der Waals surface area contributed by atoms with E-state index in [1.165, 1.54) is 12.1 Å². The number of hydrogen-bond acceptors (Lipinski definition) is 5. The third kappa shape index (κ3) is 4.38. The topological polar surface area (TPSA) is 102 Å². The van der Waals surface area contributed by atoms with Crippen molar-refractivity contribution in [3.63, 3.8) is 0 Å². The predicted molar refractivity (Wildman–Crippen MR) is 87.6 cm³/mol. The number of nitrogens with zero attached hydrogens (tertiary/aromatic N) is 2. The Labute approximate surface area is 135 Å². The fraction of sp³-hybridized carbons (Fsp3) is 0.400. The molecule has 0 aromatic heterocycles. The van der Waals surface area contributed by atoms with Crippen molar-refractivity contribution in [3.8, 4) is 0 Å². The molecule has 0 saturated carbocycles. The number of nitro groups is 1. The van der Waals surface area contributed by atoms with E-state index in [0.29, 0.717) is 12.1 Å². The van der Waals surface area contributed by atoms with Gasteiger partial charge in [-0.25, -0.2) is 0 Å². The third-order valence-electron chi connectivity index (χ3n) is 3.50. The Morgan fingerprint density at radius 3 is 2.35 bits per heavy atom. The molecule has 0 bridgehead atoms. The molecular formula is C15H19N3O4S. The Kier molecular flexibility index (Phi) is 4.56. The van der Waals surface area contributed by atoms with Crippen molar-refractivity contribution in [1.82, 2.24) is 4.83 Å². The summed E-state index contributed by atoms with van der Waals surface area (Å²) in [7, 11) is -3.85. The highest BCUT2D eigenvalue weighted by molar-refractivity contribution is 7.89. The van der Waals surface area contributed by atoms with Crippen LogP contribution in [-0.4, -0.2) is 19.1 Å². The lowest BCUT2D eigenvalue weighted by Crippen LogP contribution is -2.25. The molecule has 124 valence electrons. The Morgan fingerprint density at radius 2 is 1.83 bits per heavy atom. The van der Waals surface area contributed by atoms with Crippen LogP contribution in [-0.2, 0) is 10.0 Å². The van der Waals surface area contributed by atoms with Gasteiger partial charge in [-0.2, -0.15) is 18.4 Å². The average molecular weight is 337 g/mol. The van der Waals surface area contributed by atoms with E-state index in [0.717, 1.165) is 24.1 Å². The Bertz CT molecular complexity index is 777. The van der Waals surface area contributed by atoms with E-state index in [9.17, 15) is 18.5 Å². The molecule has 1 aromatic rings. The van der Waals surface area contributed by atoms with Crippen LogP contribution in [0, 0.1) is 15.5 Å². The first-order valence-electron chi connectivity index (χ1n) is 7.09. The molecule has 0 radical (unpaired) electrons. The molecule has 0 atom stereocenters. The van der Waals surface area contributed by atoms with Crippen LogP contribution in [0.25, 0.3) is 0 Å².